The maximum Gasteiger partial charge on any atom is 0.127 e. The Morgan fingerprint density at radius 2 is 1.79 bits per heavy atom. The summed E-state index contributed by atoms with van der Waals surface area (Å²) in [6.45, 7) is -0.0969. The van der Waals surface area contributed by atoms with Gasteiger partial charge >= 0.3 is 0 Å². The summed E-state index contributed by atoms with van der Waals surface area (Å²) in [7, 11) is 0. The molecule has 3 N–H and O–H groups in total. The summed E-state index contributed by atoms with van der Waals surface area (Å²) in [4.78, 5) is 0. The molecule has 6 heteroatoms. The van der Waals surface area contributed by atoms with Gasteiger partial charge in [0.2, 0.25) is 0 Å². The highest BCUT2D eigenvalue weighted by molar-refractivity contribution is 6.31. The van der Waals surface area contributed by atoms with Gasteiger partial charge in [-0.05, 0) is 41.3 Å². The van der Waals surface area contributed by atoms with Crippen molar-refractivity contribution in [1.29, 1.82) is 0 Å². The van der Waals surface area contributed by atoms with Crippen LogP contribution in [-0.2, 0) is 11.2 Å². The van der Waals surface area contributed by atoms with Crippen LogP contribution in [0.15, 0.2) is 42.5 Å². The van der Waals surface area contributed by atoms with E-state index in [-0.39, 0.29) is 31.0 Å². The van der Waals surface area contributed by atoms with Crippen molar-refractivity contribution in [3.63, 3.8) is 0 Å². The first-order valence-corrected chi connectivity index (χ1v) is 10.1. The first kappa shape index (κ1) is 19.7. The number of benzene rings is 2. The van der Waals surface area contributed by atoms with Crippen LogP contribution in [0.25, 0.3) is 0 Å². The molecule has 2 aromatic carbocycles. The second-order valence-electron chi connectivity index (χ2n) is 7.69. The van der Waals surface area contributed by atoms with Gasteiger partial charge in [0.25, 0.3) is 0 Å². The van der Waals surface area contributed by atoms with Crippen LogP contribution < -0.4 is 4.74 Å². The maximum absolute atomic E-state index is 10.1. The summed E-state index contributed by atoms with van der Waals surface area (Å²) in [6.07, 6.45) is 0.834. The van der Waals surface area contributed by atoms with E-state index in [1.165, 1.54) is 0 Å². The molecular formula is C22H25ClO5. The quantitative estimate of drug-likeness (QED) is 0.689. The maximum atomic E-state index is 10.1. The monoisotopic (exact) mass is 404 g/mol. The molecule has 0 amide bonds. The van der Waals surface area contributed by atoms with E-state index in [4.69, 9.17) is 21.1 Å². The molecule has 0 bridgehead atoms. The van der Waals surface area contributed by atoms with Gasteiger partial charge in [-0.1, -0.05) is 35.9 Å². The Kier molecular flexibility index (Phi) is 5.90. The van der Waals surface area contributed by atoms with Crippen LogP contribution in [0.5, 0.6) is 5.75 Å². The van der Waals surface area contributed by atoms with Crippen molar-refractivity contribution in [2.24, 2.45) is 0 Å². The van der Waals surface area contributed by atoms with Crippen molar-refractivity contribution in [3.8, 4) is 5.75 Å². The van der Waals surface area contributed by atoms with E-state index in [0.717, 1.165) is 22.4 Å². The molecule has 1 aliphatic heterocycles. The molecule has 1 heterocycles. The minimum absolute atomic E-state index is 0.0782. The van der Waals surface area contributed by atoms with Crippen molar-refractivity contribution in [2.75, 3.05) is 6.61 Å². The molecule has 28 heavy (non-hydrogen) atoms. The van der Waals surface area contributed by atoms with Crippen LogP contribution in [0.3, 0.4) is 0 Å². The lowest BCUT2D eigenvalue weighted by atomic mass is 9.94. The molecule has 2 aliphatic rings. The van der Waals surface area contributed by atoms with Gasteiger partial charge in [0, 0.05) is 24.3 Å². The third-order valence-corrected chi connectivity index (χ3v) is 5.70. The van der Waals surface area contributed by atoms with E-state index in [9.17, 15) is 15.3 Å². The molecular weight excluding hydrogens is 380 g/mol. The minimum atomic E-state index is -0.479. The van der Waals surface area contributed by atoms with Crippen molar-refractivity contribution in [1.82, 2.24) is 0 Å². The normalized spacial score (nSPS) is 29.5. The van der Waals surface area contributed by atoms with E-state index in [1.54, 1.807) is 0 Å². The first-order chi connectivity index (χ1) is 13.5. The average Bonchev–Trinajstić information content (AvgIpc) is 3.39. The average molecular weight is 405 g/mol. The summed E-state index contributed by atoms with van der Waals surface area (Å²) >= 11 is 6.41. The van der Waals surface area contributed by atoms with E-state index in [0.29, 0.717) is 30.7 Å². The molecule has 2 aromatic rings. The minimum Gasteiger partial charge on any atom is -0.488 e. The van der Waals surface area contributed by atoms with Gasteiger partial charge in [-0.15, -0.1) is 0 Å². The van der Waals surface area contributed by atoms with Crippen LogP contribution in [0, 0.1) is 0 Å². The number of rotatable bonds is 6. The summed E-state index contributed by atoms with van der Waals surface area (Å²) in [5.74, 6) is 0.754. The number of halogens is 1. The highest BCUT2D eigenvalue weighted by Crippen LogP contribution is 2.34. The first-order valence-electron chi connectivity index (χ1n) is 9.68. The van der Waals surface area contributed by atoms with Crippen molar-refractivity contribution >= 4 is 11.6 Å². The van der Waals surface area contributed by atoms with E-state index in [1.807, 2.05) is 42.5 Å². The second kappa shape index (κ2) is 8.39. The Bertz CT molecular complexity index is 809. The van der Waals surface area contributed by atoms with Crippen molar-refractivity contribution in [3.05, 3.63) is 64.2 Å². The van der Waals surface area contributed by atoms with Gasteiger partial charge in [0.1, 0.15) is 11.9 Å². The predicted molar refractivity (Wildman–Crippen MR) is 106 cm³/mol. The lowest BCUT2D eigenvalue weighted by Gasteiger charge is -2.32. The molecule has 2 unspecified atom stereocenters. The molecule has 5 nitrogen and oxygen atoms in total. The van der Waals surface area contributed by atoms with Crippen LogP contribution in [-0.4, -0.2) is 46.3 Å². The standard InChI is InChI=1S/C22H25ClO5/c23-19-6-3-14(21-10-16(25)9-18(12-24)28-21)8-15(19)7-13-1-4-17(5-2-13)27-22-11-20(22)26/h1-6,8,16,18,20-22,24-26H,7,9-12H2/t16-,18-,20?,21+,22?/m0/s1. The molecule has 2 fully saturated rings. The van der Waals surface area contributed by atoms with E-state index < -0.39 is 6.10 Å². The molecule has 5 atom stereocenters. The lowest BCUT2D eigenvalue weighted by molar-refractivity contribution is -0.113. The smallest absolute Gasteiger partial charge is 0.127 e. The molecule has 1 saturated heterocycles. The molecule has 150 valence electrons. The van der Waals surface area contributed by atoms with Crippen LogP contribution in [0.4, 0.5) is 0 Å². The predicted octanol–water partition coefficient (Wildman–Crippen LogP) is 3.02. The van der Waals surface area contributed by atoms with Crippen LogP contribution in [0.2, 0.25) is 5.02 Å². The van der Waals surface area contributed by atoms with E-state index in [2.05, 4.69) is 0 Å². The molecule has 1 saturated carbocycles. The molecule has 0 spiro atoms. The van der Waals surface area contributed by atoms with Crippen LogP contribution >= 0.6 is 11.6 Å². The Hall–Kier alpha value is -1.63. The highest BCUT2D eigenvalue weighted by atomic mass is 35.5. The Labute approximate surface area is 169 Å². The number of ether oxygens (including phenoxy) is 2. The fourth-order valence-corrected chi connectivity index (χ4v) is 3.80. The van der Waals surface area contributed by atoms with Gasteiger partial charge in [0.05, 0.1) is 31.0 Å². The van der Waals surface area contributed by atoms with E-state index >= 15 is 0 Å². The number of hydrogen-bond acceptors (Lipinski definition) is 5. The molecule has 0 radical (unpaired) electrons. The zero-order valence-electron chi connectivity index (χ0n) is 15.5. The lowest BCUT2D eigenvalue weighted by Crippen LogP contribution is -2.33. The third kappa shape index (κ3) is 4.67. The number of aliphatic hydroxyl groups excluding tert-OH is 3. The summed E-state index contributed by atoms with van der Waals surface area (Å²) < 4.78 is 11.6. The summed E-state index contributed by atoms with van der Waals surface area (Å²) in [5.41, 5.74) is 3.04. The SMILES string of the molecule is OC[C@@H]1C[C@H](O)C[C@H](c2ccc(Cl)c(Cc3ccc(OC4CC4O)cc3)c2)O1. The van der Waals surface area contributed by atoms with Gasteiger partial charge in [-0.25, -0.2) is 0 Å². The summed E-state index contributed by atoms with van der Waals surface area (Å²) in [6, 6.07) is 13.6. The zero-order chi connectivity index (χ0) is 19.7. The fourth-order valence-electron chi connectivity index (χ4n) is 3.62. The topological polar surface area (TPSA) is 79.2 Å². The van der Waals surface area contributed by atoms with Gasteiger partial charge in [-0.2, -0.15) is 0 Å². The van der Waals surface area contributed by atoms with Gasteiger partial charge in [-0.3, -0.25) is 0 Å². The Morgan fingerprint density at radius 1 is 1.04 bits per heavy atom. The third-order valence-electron chi connectivity index (χ3n) is 5.33. The van der Waals surface area contributed by atoms with Gasteiger partial charge in [0.15, 0.2) is 0 Å². The zero-order valence-corrected chi connectivity index (χ0v) is 16.3. The largest absolute Gasteiger partial charge is 0.488 e. The Morgan fingerprint density at radius 3 is 2.46 bits per heavy atom. The van der Waals surface area contributed by atoms with Crippen molar-refractivity contribution < 1.29 is 24.8 Å². The molecule has 0 aromatic heterocycles. The fraction of sp³-hybridized carbons (Fsp3) is 0.455. The summed E-state index contributed by atoms with van der Waals surface area (Å²) in [5, 5.41) is 29.5. The van der Waals surface area contributed by atoms with Crippen molar-refractivity contribution in [2.45, 2.75) is 56.2 Å². The number of aliphatic hydroxyl groups is 3. The Balaban J connectivity index is 1.46. The number of hydrogen-bond donors (Lipinski definition) is 3. The second-order valence-corrected chi connectivity index (χ2v) is 8.09. The highest BCUT2D eigenvalue weighted by Gasteiger charge is 2.37. The molecule has 4 rings (SSSR count). The molecule has 1 aliphatic carbocycles. The van der Waals surface area contributed by atoms with Crippen LogP contribution in [0.1, 0.15) is 42.1 Å². The van der Waals surface area contributed by atoms with Gasteiger partial charge < -0.3 is 24.8 Å².